The zero-order chi connectivity index (χ0) is 13.4. The van der Waals surface area contributed by atoms with E-state index in [9.17, 15) is 0 Å². The van der Waals surface area contributed by atoms with Crippen LogP contribution in [-0.2, 0) is 0 Å². The van der Waals surface area contributed by atoms with E-state index in [1.807, 2.05) is 0 Å². The number of rotatable bonds is 2. The van der Waals surface area contributed by atoms with Gasteiger partial charge in [-0.2, -0.15) is 0 Å². The summed E-state index contributed by atoms with van der Waals surface area (Å²) in [4.78, 5) is 13.3. The third kappa shape index (κ3) is 2.16. The molecule has 0 spiro atoms. The van der Waals surface area contributed by atoms with Gasteiger partial charge >= 0.3 is 0 Å². The quantitative estimate of drug-likeness (QED) is 0.595. The molecule has 2 unspecified atom stereocenters. The van der Waals surface area contributed by atoms with Gasteiger partial charge in [0.15, 0.2) is 5.82 Å². The number of nitrogen functional groups attached to an aromatic ring is 1. The molecular weight excluding hydrogens is 240 g/mol. The molecule has 2 aliphatic rings. The molecule has 2 bridgehead atoms. The minimum absolute atomic E-state index is 0.00846. The SMILES string of the molecule is CN1C2CCC1CN(c1nccnc1C(=N)N)CC2. The highest BCUT2D eigenvalue weighted by Crippen LogP contribution is 2.30. The van der Waals surface area contributed by atoms with Crippen LogP contribution in [0.4, 0.5) is 5.82 Å². The highest BCUT2D eigenvalue weighted by atomic mass is 15.3. The van der Waals surface area contributed by atoms with Crippen molar-refractivity contribution >= 4 is 11.7 Å². The van der Waals surface area contributed by atoms with Crippen LogP contribution in [-0.4, -0.2) is 52.9 Å². The fraction of sp³-hybridized carbons (Fsp3) is 0.615. The maximum Gasteiger partial charge on any atom is 0.158 e. The summed E-state index contributed by atoms with van der Waals surface area (Å²) >= 11 is 0. The summed E-state index contributed by atoms with van der Waals surface area (Å²) in [5.41, 5.74) is 6.11. The lowest BCUT2D eigenvalue weighted by atomic mass is 10.1. The van der Waals surface area contributed by atoms with E-state index in [1.54, 1.807) is 12.4 Å². The molecule has 1 aromatic heterocycles. The number of anilines is 1. The van der Waals surface area contributed by atoms with Crippen molar-refractivity contribution in [1.82, 2.24) is 14.9 Å². The summed E-state index contributed by atoms with van der Waals surface area (Å²) in [5.74, 6) is 0.752. The van der Waals surface area contributed by atoms with E-state index in [2.05, 4.69) is 26.8 Å². The van der Waals surface area contributed by atoms with Crippen LogP contribution in [0, 0.1) is 5.41 Å². The highest BCUT2D eigenvalue weighted by molar-refractivity contribution is 5.97. The Morgan fingerprint density at radius 2 is 2.00 bits per heavy atom. The zero-order valence-electron chi connectivity index (χ0n) is 11.2. The molecule has 3 N–H and O–H groups in total. The minimum Gasteiger partial charge on any atom is -0.382 e. The third-order valence-electron chi connectivity index (χ3n) is 4.38. The average Bonchev–Trinajstić information content (AvgIpc) is 2.63. The Morgan fingerprint density at radius 3 is 2.79 bits per heavy atom. The van der Waals surface area contributed by atoms with Gasteiger partial charge in [0, 0.05) is 37.6 Å². The van der Waals surface area contributed by atoms with Crippen molar-refractivity contribution in [3.05, 3.63) is 18.1 Å². The number of nitrogens with one attached hydrogen (secondary N) is 1. The van der Waals surface area contributed by atoms with Gasteiger partial charge in [-0.15, -0.1) is 0 Å². The Morgan fingerprint density at radius 1 is 1.26 bits per heavy atom. The van der Waals surface area contributed by atoms with Crippen LogP contribution >= 0.6 is 0 Å². The minimum atomic E-state index is -0.00846. The molecule has 0 aromatic carbocycles. The van der Waals surface area contributed by atoms with Gasteiger partial charge in [-0.3, -0.25) is 10.3 Å². The van der Waals surface area contributed by atoms with Gasteiger partial charge in [-0.1, -0.05) is 0 Å². The standard InChI is InChI=1S/C13H20N6/c1-18-9-2-3-10(18)8-19(7-4-9)13-11(12(14)15)16-5-6-17-13/h5-6,9-10H,2-4,7-8H2,1H3,(H3,14,15). The van der Waals surface area contributed by atoms with E-state index in [0.717, 1.165) is 25.3 Å². The van der Waals surface area contributed by atoms with Crippen LogP contribution < -0.4 is 10.6 Å². The van der Waals surface area contributed by atoms with Gasteiger partial charge in [0.05, 0.1) is 0 Å². The normalized spacial score (nSPS) is 27.3. The first kappa shape index (κ1) is 12.3. The van der Waals surface area contributed by atoms with Crippen LogP contribution in [0.2, 0.25) is 0 Å². The topological polar surface area (TPSA) is 82.1 Å². The van der Waals surface area contributed by atoms with Crippen molar-refractivity contribution in [2.24, 2.45) is 5.73 Å². The lowest BCUT2D eigenvalue weighted by Crippen LogP contribution is -2.38. The molecule has 6 heteroatoms. The predicted octanol–water partition coefficient (Wildman–Crippen LogP) is 0.434. The molecular formula is C13H20N6. The predicted molar refractivity (Wildman–Crippen MR) is 74.5 cm³/mol. The molecule has 102 valence electrons. The summed E-state index contributed by atoms with van der Waals surface area (Å²) in [5, 5.41) is 7.63. The Balaban J connectivity index is 1.89. The molecule has 2 aliphatic heterocycles. The van der Waals surface area contributed by atoms with Gasteiger partial charge in [-0.05, 0) is 26.3 Å². The second-order valence-electron chi connectivity index (χ2n) is 5.43. The summed E-state index contributed by atoms with van der Waals surface area (Å²) in [6, 6.07) is 1.27. The van der Waals surface area contributed by atoms with E-state index in [-0.39, 0.29) is 5.84 Å². The van der Waals surface area contributed by atoms with Gasteiger partial charge in [0.2, 0.25) is 0 Å². The molecule has 0 saturated carbocycles. The summed E-state index contributed by atoms with van der Waals surface area (Å²) in [7, 11) is 2.22. The number of aromatic nitrogens is 2. The summed E-state index contributed by atoms with van der Waals surface area (Å²) in [6.07, 6.45) is 6.95. The van der Waals surface area contributed by atoms with Crippen molar-refractivity contribution in [2.75, 3.05) is 25.0 Å². The Kier molecular flexibility index (Phi) is 3.10. The zero-order valence-corrected chi connectivity index (χ0v) is 11.2. The number of amidine groups is 1. The first-order valence-corrected chi connectivity index (χ1v) is 6.79. The maximum absolute atomic E-state index is 7.63. The molecule has 0 radical (unpaired) electrons. The van der Waals surface area contributed by atoms with Gasteiger partial charge in [-0.25, -0.2) is 9.97 Å². The number of likely N-dealkylation sites (N-methyl/N-ethyl adjacent to an activating group) is 1. The Bertz CT molecular complexity index is 488. The number of hydrogen-bond donors (Lipinski definition) is 2. The van der Waals surface area contributed by atoms with E-state index in [0.29, 0.717) is 17.8 Å². The largest absolute Gasteiger partial charge is 0.382 e. The van der Waals surface area contributed by atoms with Crippen LogP contribution in [0.25, 0.3) is 0 Å². The molecule has 2 fully saturated rings. The first-order chi connectivity index (χ1) is 9.16. The molecule has 0 amide bonds. The molecule has 3 heterocycles. The molecule has 1 aromatic rings. The van der Waals surface area contributed by atoms with E-state index in [4.69, 9.17) is 11.1 Å². The maximum atomic E-state index is 7.63. The number of nitrogens with two attached hydrogens (primary N) is 1. The van der Waals surface area contributed by atoms with Crippen molar-refractivity contribution in [3.63, 3.8) is 0 Å². The monoisotopic (exact) mass is 260 g/mol. The Labute approximate surface area is 113 Å². The lowest BCUT2D eigenvalue weighted by Gasteiger charge is -2.27. The molecule has 0 aliphatic carbocycles. The highest BCUT2D eigenvalue weighted by Gasteiger charge is 2.35. The van der Waals surface area contributed by atoms with E-state index < -0.39 is 0 Å². The third-order valence-corrected chi connectivity index (χ3v) is 4.38. The molecule has 3 rings (SSSR count). The first-order valence-electron chi connectivity index (χ1n) is 6.79. The van der Waals surface area contributed by atoms with Crippen molar-refractivity contribution in [1.29, 1.82) is 5.41 Å². The van der Waals surface area contributed by atoms with E-state index >= 15 is 0 Å². The van der Waals surface area contributed by atoms with Crippen LogP contribution in [0.5, 0.6) is 0 Å². The van der Waals surface area contributed by atoms with Gasteiger partial charge in [0.25, 0.3) is 0 Å². The fourth-order valence-electron chi connectivity index (χ4n) is 3.25. The van der Waals surface area contributed by atoms with Crippen molar-refractivity contribution < 1.29 is 0 Å². The molecule has 19 heavy (non-hydrogen) atoms. The van der Waals surface area contributed by atoms with Crippen LogP contribution in [0.1, 0.15) is 25.0 Å². The van der Waals surface area contributed by atoms with Crippen molar-refractivity contribution in [2.45, 2.75) is 31.3 Å². The van der Waals surface area contributed by atoms with Crippen LogP contribution in [0.15, 0.2) is 12.4 Å². The van der Waals surface area contributed by atoms with Crippen LogP contribution in [0.3, 0.4) is 0 Å². The number of fused-ring (bicyclic) bond motifs is 2. The second kappa shape index (κ2) is 4.77. The smallest absolute Gasteiger partial charge is 0.158 e. The molecule has 2 saturated heterocycles. The van der Waals surface area contributed by atoms with Gasteiger partial charge < -0.3 is 10.6 Å². The summed E-state index contributed by atoms with van der Waals surface area (Å²) < 4.78 is 0. The number of hydrogen-bond acceptors (Lipinski definition) is 5. The lowest BCUT2D eigenvalue weighted by molar-refractivity contribution is 0.254. The fourth-order valence-corrected chi connectivity index (χ4v) is 3.25. The number of nitrogens with zero attached hydrogens (tertiary/aromatic N) is 4. The van der Waals surface area contributed by atoms with Gasteiger partial charge in [0.1, 0.15) is 11.5 Å². The molecule has 6 nitrogen and oxygen atoms in total. The van der Waals surface area contributed by atoms with E-state index in [1.165, 1.54) is 12.8 Å². The molecule has 2 atom stereocenters. The van der Waals surface area contributed by atoms with Crippen molar-refractivity contribution in [3.8, 4) is 0 Å². The Hall–Kier alpha value is -1.69. The second-order valence-corrected chi connectivity index (χ2v) is 5.43. The summed E-state index contributed by atoms with van der Waals surface area (Å²) in [6.45, 7) is 1.91. The average molecular weight is 260 g/mol.